The molecule has 0 bridgehead atoms. The van der Waals surface area contributed by atoms with Crippen molar-refractivity contribution in [3.05, 3.63) is 65.0 Å². The van der Waals surface area contributed by atoms with Gasteiger partial charge in [-0.3, -0.25) is 4.79 Å². The topological polar surface area (TPSA) is 60.0 Å². The van der Waals surface area contributed by atoms with Gasteiger partial charge in [0, 0.05) is 12.1 Å². The van der Waals surface area contributed by atoms with E-state index in [4.69, 9.17) is 14.2 Å². The van der Waals surface area contributed by atoms with E-state index >= 15 is 0 Å². The Morgan fingerprint density at radius 2 is 2.00 bits per heavy atom. The molecule has 4 rings (SSSR count). The second kappa shape index (κ2) is 8.45. The van der Waals surface area contributed by atoms with E-state index in [0.717, 1.165) is 34.3 Å². The fraction of sp³-hybridized carbons (Fsp3) is 0.227. The molecule has 150 valence electrons. The van der Waals surface area contributed by atoms with E-state index in [1.54, 1.807) is 14.2 Å². The molecule has 0 radical (unpaired) electrons. The third-order valence-corrected chi connectivity index (χ3v) is 5.84. The second-order valence-electron chi connectivity index (χ2n) is 6.47. The first kappa shape index (κ1) is 19.1. The number of methoxy groups -OCH3 is 2. The quantitative estimate of drug-likeness (QED) is 0.659. The van der Waals surface area contributed by atoms with Gasteiger partial charge in [0.15, 0.2) is 0 Å². The zero-order valence-corrected chi connectivity index (χ0v) is 17.1. The van der Waals surface area contributed by atoms with E-state index in [2.05, 4.69) is 10.2 Å². The molecule has 6 nitrogen and oxygen atoms in total. The number of ether oxygens (including phenoxy) is 3. The molecular formula is C22H22N2O4S. The largest absolute Gasteiger partial charge is 0.497 e. The molecule has 0 spiro atoms. The molecule has 0 fully saturated rings. The number of carbonyl (C=O) groups excluding carboxylic acids is 1. The van der Waals surface area contributed by atoms with Crippen molar-refractivity contribution in [2.45, 2.75) is 6.54 Å². The van der Waals surface area contributed by atoms with Crippen LogP contribution in [0, 0.1) is 0 Å². The van der Waals surface area contributed by atoms with Gasteiger partial charge in [-0.25, -0.2) is 0 Å². The van der Waals surface area contributed by atoms with E-state index in [-0.39, 0.29) is 5.91 Å². The number of nitrogens with one attached hydrogen (secondary N) is 1. The van der Waals surface area contributed by atoms with Crippen LogP contribution in [0.4, 0.5) is 10.7 Å². The Kier molecular flexibility index (Phi) is 5.57. The molecule has 7 heteroatoms. The number of para-hydroxylation sites is 2. The summed E-state index contributed by atoms with van der Waals surface area (Å²) in [5.41, 5.74) is 1.88. The van der Waals surface area contributed by atoms with Crippen LogP contribution < -0.4 is 24.4 Å². The number of benzene rings is 2. The third kappa shape index (κ3) is 4.00. The minimum atomic E-state index is -0.118. The van der Waals surface area contributed by atoms with Crippen LogP contribution in [0.1, 0.15) is 15.2 Å². The maximum Gasteiger partial charge on any atom is 0.261 e. The van der Waals surface area contributed by atoms with Crippen LogP contribution in [-0.2, 0) is 6.54 Å². The lowest BCUT2D eigenvalue weighted by molar-refractivity contribution is 0.0954. The maximum atomic E-state index is 12.7. The fourth-order valence-electron chi connectivity index (χ4n) is 3.28. The summed E-state index contributed by atoms with van der Waals surface area (Å²) in [5, 5.41) is 3.99. The summed E-state index contributed by atoms with van der Waals surface area (Å²) in [7, 11) is 3.22. The number of rotatable bonds is 6. The van der Waals surface area contributed by atoms with Gasteiger partial charge in [0.25, 0.3) is 5.91 Å². The Hall–Kier alpha value is -3.19. The van der Waals surface area contributed by atoms with Crippen molar-refractivity contribution in [3.63, 3.8) is 0 Å². The van der Waals surface area contributed by atoms with Gasteiger partial charge in [-0.05, 0) is 42.5 Å². The second-order valence-corrected chi connectivity index (χ2v) is 7.53. The molecule has 1 amide bonds. The minimum Gasteiger partial charge on any atom is -0.497 e. The number of fused-ring (bicyclic) bond motifs is 1. The summed E-state index contributed by atoms with van der Waals surface area (Å²) >= 11 is 1.47. The molecule has 0 atom stereocenters. The van der Waals surface area contributed by atoms with Gasteiger partial charge in [-0.2, -0.15) is 0 Å². The zero-order valence-electron chi connectivity index (χ0n) is 16.3. The van der Waals surface area contributed by atoms with Gasteiger partial charge >= 0.3 is 0 Å². The lowest BCUT2D eigenvalue weighted by atomic mass is 10.2. The molecule has 0 aliphatic carbocycles. The van der Waals surface area contributed by atoms with Crippen LogP contribution in [0.2, 0.25) is 0 Å². The zero-order chi connectivity index (χ0) is 20.2. The smallest absolute Gasteiger partial charge is 0.261 e. The summed E-state index contributed by atoms with van der Waals surface area (Å²) < 4.78 is 16.4. The van der Waals surface area contributed by atoms with Gasteiger partial charge in [0.2, 0.25) is 0 Å². The van der Waals surface area contributed by atoms with Gasteiger partial charge < -0.3 is 24.4 Å². The summed E-state index contributed by atoms with van der Waals surface area (Å²) in [6.07, 6.45) is 0. The normalized spacial score (nSPS) is 12.7. The SMILES string of the molecule is COc1ccc(OC)c(CNC(=O)c2ccc(N3CCOc4ccccc43)s2)c1. The van der Waals surface area contributed by atoms with Crippen molar-refractivity contribution in [1.82, 2.24) is 5.32 Å². The monoisotopic (exact) mass is 410 g/mol. The summed E-state index contributed by atoms with van der Waals surface area (Å²) in [6, 6.07) is 17.3. The number of thiophene rings is 1. The van der Waals surface area contributed by atoms with Crippen LogP contribution in [0.5, 0.6) is 17.2 Å². The van der Waals surface area contributed by atoms with Crippen LogP contribution in [0.25, 0.3) is 0 Å². The van der Waals surface area contributed by atoms with Crippen LogP contribution in [0.15, 0.2) is 54.6 Å². The summed E-state index contributed by atoms with van der Waals surface area (Å²) in [5.74, 6) is 2.18. The Bertz CT molecular complexity index is 1020. The number of carbonyl (C=O) groups is 1. The van der Waals surface area contributed by atoms with E-state index in [1.165, 1.54) is 11.3 Å². The van der Waals surface area contributed by atoms with Crippen molar-refractivity contribution in [3.8, 4) is 17.2 Å². The molecule has 1 aliphatic rings. The van der Waals surface area contributed by atoms with E-state index in [1.807, 2.05) is 54.6 Å². The molecule has 1 N–H and O–H groups in total. The molecule has 3 aromatic rings. The number of nitrogens with zero attached hydrogens (tertiary/aromatic N) is 1. The standard InChI is InChI=1S/C22H22N2O4S/c1-26-16-7-8-18(27-2)15(13-16)14-23-22(25)20-9-10-21(29-20)24-11-12-28-19-6-4-3-5-17(19)24/h3-10,13H,11-12,14H2,1-2H3,(H,23,25). The Morgan fingerprint density at radius 3 is 2.83 bits per heavy atom. The van der Waals surface area contributed by atoms with Crippen LogP contribution in [-0.4, -0.2) is 33.3 Å². The number of hydrogen-bond acceptors (Lipinski definition) is 6. The predicted molar refractivity (Wildman–Crippen MR) is 114 cm³/mol. The summed E-state index contributed by atoms with van der Waals surface area (Å²) in [6.45, 7) is 1.72. The fourth-order valence-corrected chi connectivity index (χ4v) is 4.24. The van der Waals surface area contributed by atoms with Gasteiger partial charge in [-0.15, -0.1) is 11.3 Å². The highest BCUT2D eigenvalue weighted by Gasteiger charge is 2.21. The lowest BCUT2D eigenvalue weighted by Crippen LogP contribution is -2.27. The Morgan fingerprint density at radius 1 is 1.14 bits per heavy atom. The first-order valence-corrected chi connectivity index (χ1v) is 10.1. The van der Waals surface area contributed by atoms with Crippen molar-refractivity contribution in [2.24, 2.45) is 0 Å². The number of hydrogen-bond donors (Lipinski definition) is 1. The molecule has 29 heavy (non-hydrogen) atoms. The maximum absolute atomic E-state index is 12.7. The van der Waals surface area contributed by atoms with Crippen molar-refractivity contribution >= 4 is 27.9 Å². The Labute approximate surface area is 173 Å². The van der Waals surface area contributed by atoms with Crippen molar-refractivity contribution in [2.75, 3.05) is 32.3 Å². The molecule has 0 unspecified atom stereocenters. The van der Waals surface area contributed by atoms with Gasteiger partial charge in [0.1, 0.15) is 23.9 Å². The van der Waals surface area contributed by atoms with E-state index < -0.39 is 0 Å². The molecule has 1 aliphatic heterocycles. The number of amides is 1. The average Bonchev–Trinajstić information content (AvgIpc) is 3.27. The van der Waals surface area contributed by atoms with Crippen LogP contribution in [0.3, 0.4) is 0 Å². The molecular weight excluding hydrogens is 388 g/mol. The van der Waals surface area contributed by atoms with E-state index in [9.17, 15) is 4.79 Å². The van der Waals surface area contributed by atoms with Gasteiger partial charge in [-0.1, -0.05) is 12.1 Å². The molecule has 2 aromatic carbocycles. The molecule has 0 saturated carbocycles. The molecule has 2 heterocycles. The average molecular weight is 410 g/mol. The first-order chi connectivity index (χ1) is 14.2. The van der Waals surface area contributed by atoms with E-state index in [0.29, 0.717) is 23.8 Å². The van der Waals surface area contributed by atoms with Crippen molar-refractivity contribution in [1.29, 1.82) is 0 Å². The highest BCUT2D eigenvalue weighted by molar-refractivity contribution is 7.18. The highest BCUT2D eigenvalue weighted by atomic mass is 32.1. The van der Waals surface area contributed by atoms with Gasteiger partial charge in [0.05, 0.1) is 36.3 Å². The molecule has 1 aromatic heterocycles. The Balaban J connectivity index is 1.47. The molecule has 0 saturated heterocycles. The number of anilines is 2. The summed E-state index contributed by atoms with van der Waals surface area (Å²) in [4.78, 5) is 15.5. The minimum absolute atomic E-state index is 0.118. The van der Waals surface area contributed by atoms with Crippen LogP contribution >= 0.6 is 11.3 Å². The highest BCUT2D eigenvalue weighted by Crippen LogP contribution is 2.39. The predicted octanol–water partition coefficient (Wildman–Crippen LogP) is 4.23. The van der Waals surface area contributed by atoms with Crippen molar-refractivity contribution < 1.29 is 19.0 Å². The lowest BCUT2D eigenvalue weighted by Gasteiger charge is -2.29. The first-order valence-electron chi connectivity index (χ1n) is 9.28. The third-order valence-electron chi connectivity index (χ3n) is 4.74.